The number of hydrogen-bond acceptors (Lipinski definition) is 4. The molecule has 39 heavy (non-hydrogen) atoms. The van der Waals surface area contributed by atoms with Crippen molar-refractivity contribution < 1.29 is 0 Å². The molecule has 4 aromatic heterocycles. The van der Waals surface area contributed by atoms with E-state index in [-0.39, 0.29) is 0 Å². The van der Waals surface area contributed by atoms with Gasteiger partial charge < -0.3 is 9.97 Å². The first-order valence-corrected chi connectivity index (χ1v) is 14.7. The maximum atomic E-state index is 4.96. The first kappa shape index (κ1) is 24.0. The minimum absolute atomic E-state index is 0.333. The van der Waals surface area contributed by atoms with Crippen LogP contribution in [0.2, 0.25) is 0 Å². The third kappa shape index (κ3) is 3.62. The molecule has 6 heteroatoms. The SMILES string of the molecule is CC.Cc1nc2c([nH]1)CCc1c-2ccc2cc(-c3ccc4c(c3)c3ncccc3c3nc(C(C)C)[nH]c43)sc12. The number of rotatable bonds is 2. The monoisotopic (exact) mass is 529 g/mol. The molecule has 0 saturated heterocycles. The van der Waals surface area contributed by atoms with Gasteiger partial charge in [0, 0.05) is 49.1 Å². The molecule has 2 N–H and O–H groups in total. The molecule has 0 saturated carbocycles. The van der Waals surface area contributed by atoms with Gasteiger partial charge in [-0.3, -0.25) is 4.98 Å². The predicted molar refractivity (Wildman–Crippen MR) is 165 cm³/mol. The van der Waals surface area contributed by atoms with Crippen molar-refractivity contribution in [3.8, 4) is 21.7 Å². The van der Waals surface area contributed by atoms with Crippen molar-refractivity contribution in [1.82, 2.24) is 24.9 Å². The molecule has 0 unspecified atom stereocenters. The molecular formula is C33H31N5S. The number of aryl methyl sites for hydroxylation is 3. The second-order valence-corrected chi connectivity index (χ2v) is 11.5. The van der Waals surface area contributed by atoms with Crippen LogP contribution in [0.1, 0.15) is 56.5 Å². The minimum atomic E-state index is 0.333. The number of aromatic nitrogens is 5. The summed E-state index contributed by atoms with van der Waals surface area (Å²) in [6.07, 6.45) is 3.94. The summed E-state index contributed by atoms with van der Waals surface area (Å²) < 4.78 is 1.38. The summed E-state index contributed by atoms with van der Waals surface area (Å²) in [5.41, 5.74) is 9.45. The topological polar surface area (TPSA) is 70.2 Å². The van der Waals surface area contributed by atoms with E-state index >= 15 is 0 Å². The van der Waals surface area contributed by atoms with Gasteiger partial charge in [0.05, 0.1) is 22.2 Å². The first-order chi connectivity index (χ1) is 19.0. The second kappa shape index (κ2) is 9.02. The molecule has 0 radical (unpaired) electrons. The third-order valence-corrected chi connectivity index (χ3v) is 8.99. The molecule has 4 heterocycles. The quantitative estimate of drug-likeness (QED) is 0.219. The third-order valence-electron chi connectivity index (χ3n) is 7.73. The van der Waals surface area contributed by atoms with Gasteiger partial charge in [-0.1, -0.05) is 52.0 Å². The number of pyridine rings is 1. The van der Waals surface area contributed by atoms with Crippen LogP contribution >= 0.6 is 11.3 Å². The molecule has 5 nitrogen and oxygen atoms in total. The number of thiophene rings is 1. The van der Waals surface area contributed by atoms with Crippen LogP contribution in [0.4, 0.5) is 0 Å². The summed E-state index contributed by atoms with van der Waals surface area (Å²) in [4.78, 5) is 22.9. The van der Waals surface area contributed by atoms with Gasteiger partial charge in [-0.2, -0.15) is 0 Å². The van der Waals surface area contributed by atoms with Gasteiger partial charge in [0.15, 0.2) is 0 Å². The van der Waals surface area contributed by atoms with Crippen LogP contribution in [0, 0.1) is 6.92 Å². The fourth-order valence-corrected chi connectivity index (χ4v) is 7.18. The lowest BCUT2D eigenvalue weighted by Gasteiger charge is -2.15. The Morgan fingerprint density at radius 3 is 2.59 bits per heavy atom. The Kier molecular flexibility index (Phi) is 5.56. The van der Waals surface area contributed by atoms with Crippen LogP contribution in [0.15, 0.2) is 54.7 Å². The van der Waals surface area contributed by atoms with Crippen LogP contribution in [0.3, 0.4) is 0 Å². The van der Waals surface area contributed by atoms with E-state index in [1.807, 2.05) is 44.4 Å². The molecule has 194 valence electrons. The molecule has 7 aromatic rings. The number of nitrogens with zero attached hydrogens (tertiary/aromatic N) is 3. The van der Waals surface area contributed by atoms with E-state index in [2.05, 4.69) is 66.3 Å². The number of hydrogen-bond donors (Lipinski definition) is 2. The van der Waals surface area contributed by atoms with Gasteiger partial charge >= 0.3 is 0 Å². The average molecular weight is 530 g/mol. The maximum Gasteiger partial charge on any atom is 0.109 e. The summed E-state index contributed by atoms with van der Waals surface area (Å²) >= 11 is 1.89. The molecule has 3 aromatic carbocycles. The molecule has 0 aliphatic heterocycles. The highest BCUT2D eigenvalue weighted by atomic mass is 32.1. The van der Waals surface area contributed by atoms with Gasteiger partial charge in [-0.05, 0) is 60.5 Å². The fraction of sp³-hybridized carbons (Fsp3) is 0.242. The van der Waals surface area contributed by atoms with Crippen LogP contribution in [0.5, 0.6) is 0 Å². The fourth-order valence-electron chi connectivity index (χ4n) is 5.94. The molecule has 0 bridgehead atoms. The molecule has 0 fully saturated rings. The number of imidazole rings is 2. The maximum absolute atomic E-state index is 4.96. The summed E-state index contributed by atoms with van der Waals surface area (Å²) in [5, 5.41) is 4.74. The van der Waals surface area contributed by atoms with Crippen LogP contribution in [-0.4, -0.2) is 24.9 Å². The standard InChI is InChI=1S/C31H25N5S.C2H6/c1-15(2)31-35-28-20-8-6-17(13-23(20)26-22(29(28)36-31)5-4-12-32-26)25-14-18-7-9-19-21(30(18)37-25)10-11-24-27(19)34-16(3)33-24;1-2/h4-9,12-15H,10-11H2,1-3H3,(H,33,34)(H,35,36);1-2H3. The highest BCUT2D eigenvalue weighted by molar-refractivity contribution is 7.22. The molecule has 0 spiro atoms. The Hall–Kier alpha value is -4.03. The van der Waals surface area contributed by atoms with Crippen LogP contribution < -0.4 is 0 Å². The summed E-state index contributed by atoms with van der Waals surface area (Å²) in [7, 11) is 0. The van der Waals surface area contributed by atoms with Gasteiger partial charge in [0.1, 0.15) is 11.6 Å². The lowest BCUT2D eigenvalue weighted by Crippen LogP contribution is -2.03. The van der Waals surface area contributed by atoms with Gasteiger partial charge in [0.2, 0.25) is 0 Å². The summed E-state index contributed by atoms with van der Waals surface area (Å²) in [5.74, 6) is 2.34. The Morgan fingerprint density at radius 1 is 0.872 bits per heavy atom. The number of fused-ring (bicyclic) bond motifs is 11. The van der Waals surface area contributed by atoms with Gasteiger partial charge in [0.25, 0.3) is 0 Å². The van der Waals surface area contributed by atoms with E-state index in [4.69, 9.17) is 15.0 Å². The van der Waals surface area contributed by atoms with E-state index < -0.39 is 0 Å². The number of benzene rings is 3. The van der Waals surface area contributed by atoms with Gasteiger partial charge in [-0.15, -0.1) is 11.3 Å². The Bertz CT molecular complexity index is 2040. The highest BCUT2D eigenvalue weighted by Gasteiger charge is 2.23. The predicted octanol–water partition coefficient (Wildman–Crippen LogP) is 9.09. The summed E-state index contributed by atoms with van der Waals surface area (Å²) in [6.45, 7) is 10.4. The average Bonchev–Trinajstić information content (AvgIpc) is 3.70. The molecule has 0 atom stereocenters. The number of aromatic amines is 2. The zero-order valence-electron chi connectivity index (χ0n) is 22.9. The zero-order chi connectivity index (χ0) is 26.8. The lowest BCUT2D eigenvalue weighted by molar-refractivity contribution is 0.799. The van der Waals surface area contributed by atoms with E-state index in [1.165, 1.54) is 42.7 Å². The molecule has 0 amide bonds. The molecular weight excluding hydrogens is 498 g/mol. The Morgan fingerprint density at radius 2 is 1.74 bits per heavy atom. The normalized spacial score (nSPS) is 12.8. The zero-order valence-corrected chi connectivity index (χ0v) is 23.8. The van der Waals surface area contributed by atoms with E-state index in [9.17, 15) is 0 Å². The second-order valence-electron chi connectivity index (χ2n) is 10.4. The van der Waals surface area contributed by atoms with Crippen LogP contribution in [-0.2, 0) is 12.8 Å². The van der Waals surface area contributed by atoms with Crippen molar-refractivity contribution in [3.05, 3.63) is 77.6 Å². The smallest absolute Gasteiger partial charge is 0.109 e. The molecule has 1 aliphatic rings. The highest BCUT2D eigenvalue weighted by Crippen LogP contribution is 2.43. The van der Waals surface area contributed by atoms with E-state index in [0.29, 0.717) is 5.92 Å². The van der Waals surface area contributed by atoms with Crippen molar-refractivity contribution in [2.24, 2.45) is 0 Å². The van der Waals surface area contributed by atoms with Gasteiger partial charge in [-0.25, -0.2) is 9.97 Å². The van der Waals surface area contributed by atoms with Crippen molar-refractivity contribution in [2.45, 2.75) is 53.4 Å². The van der Waals surface area contributed by atoms with E-state index in [1.54, 1.807) is 0 Å². The van der Waals surface area contributed by atoms with Crippen molar-refractivity contribution in [1.29, 1.82) is 0 Å². The number of H-pyrrole nitrogens is 2. The first-order valence-electron chi connectivity index (χ1n) is 13.9. The van der Waals surface area contributed by atoms with Crippen molar-refractivity contribution >= 4 is 54.1 Å². The van der Waals surface area contributed by atoms with E-state index in [0.717, 1.165) is 57.5 Å². The summed E-state index contributed by atoms with van der Waals surface area (Å²) in [6, 6.07) is 17.8. The Labute approximate surface area is 231 Å². The largest absolute Gasteiger partial charge is 0.346 e. The van der Waals surface area contributed by atoms with Crippen molar-refractivity contribution in [3.63, 3.8) is 0 Å². The van der Waals surface area contributed by atoms with Crippen LogP contribution in [0.25, 0.3) is 64.5 Å². The van der Waals surface area contributed by atoms with Crippen molar-refractivity contribution in [2.75, 3.05) is 0 Å². The lowest BCUT2D eigenvalue weighted by atomic mass is 9.91. The molecule has 8 rings (SSSR count). The Balaban J connectivity index is 0.00000124. The minimum Gasteiger partial charge on any atom is -0.346 e. The number of nitrogens with one attached hydrogen (secondary N) is 2. The molecule has 1 aliphatic carbocycles.